The molecule has 0 saturated heterocycles. The molecule has 3 rings (SSSR count). The van der Waals surface area contributed by atoms with Crippen LogP contribution in [0.4, 0.5) is 0 Å². The summed E-state index contributed by atoms with van der Waals surface area (Å²) >= 11 is 0. The van der Waals surface area contributed by atoms with E-state index in [1.165, 1.54) is 0 Å². The number of hydrogen-bond donors (Lipinski definition) is 1. The topological polar surface area (TPSA) is 49.0 Å². The number of aromatic amines is 1. The van der Waals surface area contributed by atoms with Crippen molar-refractivity contribution in [3.8, 4) is 0 Å². The first kappa shape index (κ1) is 13.6. The number of amides is 1. The monoisotopic (exact) mass is 281 g/mol. The van der Waals surface area contributed by atoms with Crippen molar-refractivity contribution in [3.05, 3.63) is 41.6 Å². The fourth-order valence-electron chi connectivity index (χ4n) is 2.70. The molecule has 2 heterocycles. The molecule has 108 valence electrons. The number of hydrogen-bond acceptors (Lipinski definition) is 2. The van der Waals surface area contributed by atoms with Gasteiger partial charge in [0.15, 0.2) is 0 Å². The van der Waals surface area contributed by atoms with E-state index in [2.05, 4.69) is 16.0 Å². The average molecular weight is 281 g/mol. The van der Waals surface area contributed by atoms with Crippen LogP contribution in [-0.2, 0) is 0 Å². The first-order valence-electron chi connectivity index (χ1n) is 7.32. The van der Waals surface area contributed by atoms with Gasteiger partial charge in [-0.05, 0) is 51.1 Å². The maximum atomic E-state index is 12.5. The molecule has 3 aromatic rings. The lowest BCUT2D eigenvalue weighted by Crippen LogP contribution is -2.30. The van der Waals surface area contributed by atoms with E-state index >= 15 is 0 Å². The molecule has 4 nitrogen and oxygen atoms in total. The van der Waals surface area contributed by atoms with Crippen molar-refractivity contribution >= 4 is 27.8 Å². The Bertz CT molecular complexity index is 815. The smallest absolute Gasteiger partial charge is 0.253 e. The van der Waals surface area contributed by atoms with Gasteiger partial charge >= 0.3 is 0 Å². The molecular weight excluding hydrogens is 262 g/mol. The average Bonchev–Trinajstić information content (AvgIpc) is 2.84. The fourth-order valence-corrected chi connectivity index (χ4v) is 2.70. The second kappa shape index (κ2) is 5.20. The lowest BCUT2D eigenvalue weighted by Gasteiger charge is -2.18. The molecule has 0 bridgehead atoms. The molecule has 2 aromatic heterocycles. The predicted molar refractivity (Wildman–Crippen MR) is 85.6 cm³/mol. The van der Waals surface area contributed by atoms with Gasteiger partial charge in [-0.25, -0.2) is 4.98 Å². The fraction of sp³-hybridized carbons (Fsp3) is 0.294. The maximum absolute atomic E-state index is 12.5. The van der Waals surface area contributed by atoms with Crippen LogP contribution in [-0.4, -0.2) is 33.9 Å². The summed E-state index contributed by atoms with van der Waals surface area (Å²) in [5, 5.41) is 2.11. The zero-order valence-electron chi connectivity index (χ0n) is 12.6. The number of nitrogens with zero attached hydrogens (tertiary/aromatic N) is 2. The summed E-state index contributed by atoms with van der Waals surface area (Å²) in [6.45, 7) is 7.42. The van der Waals surface area contributed by atoms with Gasteiger partial charge < -0.3 is 9.88 Å². The Kier molecular flexibility index (Phi) is 3.37. The number of rotatable bonds is 3. The van der Waals surface area contributed by atoms with Crippen molar-refractivity contribution in [1.29, 1.82) is 0 Å². The van der Waals surface area contributed by atoms with Crippen LogP contribution in [0.1, 0.15) is 29.9 Å². The van der Waals surface area contributed by atoms with Gasteiger partial charge in [0.05, 0.1) is 0 Å². The Morgan fingerprint density at radius 1 is 1.14 bits per heavy atom. The van der Waals surface area contributed by atoms with Gasteiger partial charge in [-0.3, -0.25) is 4.79 Å². The summed E-state index contributed by atoms with van der Waals surface area (Å²) < 4.78 is 0. The number of fused-ring (bicyclic) bond motifs is 3. The minimum Gasteiger partial charge on any atom is -0.339 e. The number of benzene rings is 1. The number of pyridine rings is 1. The normalized spacial score (nSPS) is 11.2. The van der Waals surface area contributed by atoms with Crippen molar-refractivity contribution in [2.75, 3.05) is 13.1 Å². The standard InChI is InChI=1S/C17H19N3O/c1-4-20(5-2)17(21)12-7-9-15-14(10-12)13-8-6-11(3)18-16(13)19-15/h6-10H,4-5H2,1-3H3,(H,18,19). The van der Waals surface area contributed by atoms with Crippen LogP contribution >= 0.6 is 0 Å². The Hall–Kier alpha value is -2.36. The highest BCUT2D eigenvalue weighted by Crippen LogP contribution is 2.25. The molecule has 1 amide bonds. The highest BCUT2D eigenvalue weighted by Gasteiger charge is 2.14. The first-order valence-corrected chi connectivity index (χ1v) is 7.32. The van der Waals surface area contributed by atoms with Crippen LogP contribution in [0.2, 0.25) is 0 Å². The van der Waals surface area contributed by atoms with Crippen LogP contribution < -0.4 is 0 Å². The van der Waals surface area contributed by atoms with Crippen molar-refractivity contribution < 1.29 is 4.79 Å². The molecular formula is C17H19N3O. The zero-order chi connectivity index (χ0) is 15.0. The second-order valence-corrected chi connectivity index (χ2v) is 5.21. The van der Waals surface area contributed by atoms with E-state index in [0.29, 0.717) is 0 Å². The van der Waals surface area contributed by atoms with Crippen LogP contribution in [0.3, 0.4) is 0 Å². The van der Waals surface area contributed by atoms with E-state index in [0.717, 1.165) is 46.3 Å². The third kappa shape index (κ3) is 2.27. The minimum absolute atomic E-state index is 0.0799. The Morgan fingerprint density at radius 2 is 1.90 bits per heavy atom. The number of aromatic nitrogens is 2. The third-order valence-corrected chi connectivity index (χ3v) is 3.89. The van der Waals surface area contributed by atoms with E-state index < -0.39 is 0 Å². The number of carbonyl (C=O) groups is 1. The van der Waals surface area contributed by atoms with Gasteiger partial charge in [0.2, 0.25) is 0 Å². The second-order valence-electron chi connectivity index (χ2n) is 5.21. The van der Waals surface area contributed by atoms with E-state index in [1.54, 1.807) is 0 Å². The molecule has 0 aliphatic heterocycles. The van der Waals surface area contributed by atoms with Gasteiger partial charge in [-0.2, -0.15) is 0 Å². The van der Waals surface area contributed by atoms with Crippen LogP contribution in [0.5, 0.6) is 0 Å². The van der Waals surface area contributed by atoms with Crippen LogP contribution in [0.25, 0.3) is 21.9 Å². The predicted octanol–water partition coefficient (Wildman–Crippen LogP) is 3.51. The highest BCUT2D eigenvalue weighted by atomic mass is 16.2. The van der Waals surface area contributed by atoms with Crippen LogP contribution in [0, 0.1) is 6.92 Å². The number of carbonyl (C=O) groups excluding carboxylic acids is 1. The van der Waals surface area contributed by atoms with Gasteiger partial charge in [-0.15, -0.1) is 0 Å². The lowest BCUT2D eigenvalue weighted by atomic mass is 10.1. The Morgan fingerprint density at radius 3 is 2.62 bits per heavy atom. The highest BCUT2D eigenvalue weighted by molar-refractivity contribution is 6.09. The molecule has 0 fully saturated rings. The molecule has 1 aromatic carbocycles. The molecule has 0 aliphatic carbocycles. The summed E-state index contributed by atoms with van der Waals surface area (Å²) in [4.78, 5) is 22.1. The summed E-state index contributed by atoms with van der Waals surface area (Å²) in [7, 11) is 0. The van der Waals surface area contributed by atoms with E-state index in [9.17, 15) is 4.79 Å². The molecule has 0 unspecified atom stereocenters. The SMILES string of the molecule is CCN(CC)C(=O)c1ccc2[nH]c3nc(C)ccc3c2c1. The molecule has 1 N–H and O–H groups in total. The van der Waals surface area contributed by atoms with Gasteiger partial charge in [0, 0.05) is 40.6 Å². The molecule has 0 atom stereocenters. The van der Waals surface area contributed by atoms with Gasteiger partial charge in [0.25, 0.3) is 5.91 Å². The molecule has 0 aliphatic rings. The van der Waals surface area contributed by atoms with Crippen molar-refractivity contribution in [3.63, 3.8) is 0 Å². The Labute approximate surface area is 123 Å². The third-order valence-electron chi connectivity index (χ3n) is 3.89. The van der Waals surface area contributed by atoms with Crippen LogP contribution in [0.15, 0.2) is 30.3 Å². The van der Waals surface area contributed by atoms with Crippen molar-refractivity contribution in [2.45, 2.75) is 20.8 Å². The zero-order valence-corrected chi connectivity index (χ0v) is 12.6. The summed E-state index contributed by atoms with van der Waals surface area (Å²) in [6, 6.07) is 9.86. The van der Waals surface area contributed by atoms with Gasteiger partial charge in [-0.1, -0.05) is 0 Å². The summed E-state index contributed by atoms with van der Waals surface area (Å²) in [5.74, 6) is 0.0799. The molecule has 0 radical (unpaired) electrons. The Balaban J connectivity index is 2.15. The number of aryl methyl sites for hydroxylation is 1. The van der Waals surface area contributed by atoms with Crippen molar-refractivity contribution in [2.24, 2.45) is 0 Å². The number of H-pyrrole nitrogens is 1. The summed E-state index contributed by atoms with van der Waals surface area (Å²) in [5.41, 5.74) is 3.60. The maximum Gasteiger partial charge on any atom is 0.253 e. The van der Waals surface area contributed by atoms with Crippen molar-refractivity contribution in [1.82, 2.24) is 14.9 Å². The molecule has 4 heteroatoms. The van der Waals surface area contributed by atoms with E-state index in [4.69, 9.17) is 0 Å². The lowest BCUT2D eigenvalue weighted by molar-refractivity contribution is 0.0773. The molecule has 0 saturated carbocycles. The largest absolute Gasteiger partial charge is 0.339 e. The molecule has 0 spiro atoms. The number of nitrogens with one attached hydrogen (secondary N) is 1. The van der Waals surface area contributed by atoms with E-state index in [-0.39, 0.29) is 5.91 Å². The van der Waals surface area contributed by atoms with E-state index in [1.807, 2.05) is 49.9 Å². The minimum atomic E-state index is 0.0799. The first-order chi connectivity index (χ1) is 10.1. The van der Waals surface area contributed by atoms with Gasteiger partial charge in [0.1, 0.15) is 5.65 Å². The molecule has 21 heavy (non-hydrogen) atoms. The quantitative estimate of drug-likeness (QED) is 0.798. The summed E-state index contributed by atoms with van der Waals surface area (Å²) in [6.07, 6.45) is 0.